The molecule has 47 heavy (non-hydrogen) atoms. The number of hydrogen-bond donors (Lipinski definition) is 0. The smallest absolute Gasteiger partial charge is 0.219 e. The van der Waals surface area contributed by atoms with E-state index in [1.54, 1.807) is 24.8 Å². The Balaban J connectivity index is 1.13. The van der Waals surface area contributed by atoms with Crippen LogP contribution in [0.25, 0.3) is 26.6 Å². The number of benzene rings is 4. The molecule has 0 atom stereocenters. The molecule has 0 saturated heterocycles. The first-order valence-corrected chi connectivity index (χ1v) is 16.2. The van der Waals surface area contributed by atoms with Crippen LogP contribution in [0.5, 0.6) is 46.3 Å². The van der Waals surface area contributed by atoms with Crippen molar-refractivity contribution < 1.29 is 18.9 Å². The van der Waals surface area contributed by atoms with Crippen LogP contribution in [0, 0.1) is 0 Å². The third-order valence-corrected chi connectivity index (χ3v) is 9.60. The number of rotatable bonds is 9. The Hall–Kier alpha value is -6.24. The molecule has 0 aliphatic heterocycles. The molecule has 0 saturated carbocycles. The van der Waals surface area contributed by atoms with Gasteiger partial charge >= 0.3 is 0 Å². The van der Waals surface area contributed by atoms with Crippen LogP contribution in [-0.4, -0.2) is 19.9 Å². The van der Waals surface area contributed by atoms with Gasteiger partial charge in [-0.15, -0.1) is 0 Å². The molecule has 8 rings (SSSR count). The molecular weight excluding hydrogens is 607 g/mol. The topological polar surface area (TPSA) is 88.5 Å². The second kappa shape index (κ2) is 12.6. The van der Waals surface area contributed by atoms with Gasteiger partial charge in [0.1, 0.15) is 34.5 Å². The lowest BCUT2D eigenvalue weighted by molar-refractivity contribution is 0.448. The first kappa shape index (κ1) is 28.2. The Bertz CT molecular complexity index is 2170. The molecule has 8 aromatic rings. The predicted octanol–water partition coefficient (Wildman–Crippen LogP) is 10.7. The lowest BCUT2D eigenvalue weighted by atomic mass is 10.1. The average Bonchev–Trinajstić information content (AvgIpc) is 3.42. The number of nitrogens with zero attached hydrogens (tertiary/aromatic N) is 4. The molecular formula is C38H25N4O4P. The van der Waals surface area contributed by atoms with Crippen LogP contribution in [0.2, 0.25) is 0 Å². The van der Waals surface area contributed by atoms with Crippen molar-refractivity contribution in [3.05, 3.63) is 152 Å². The minimum atomic E-state index is -1.08. The molecule has 0 N–H and O–H groups in total. The highest BCUT2D eigenvalue weighted by Gasteiger charge is 2.18. The third-order valence-electron chi connectivity index (χ3n) is 7.27. The van der Waals surface area contributed by atoms with E-state index >= 15 is 0 Å². The van der Waals surface area contributed by atoms with Crippen molar-refractivity contribution in [2.24, 2.45) is 0 Å². The van der Waals surface area contributed by atoms with Gasteiger partial charge in [-0.3, -0.25) is 0 Å². The fourth-order valence-corrected chi connectivity index (χ4v) is 7.70. The quantitative estimate of drug-likeness (QED) is 0.155. The van der Waals surface area contributed by atoms with Crippen molar-refractivity contribution in [1.82, 2.24) is 19.9 Å². The van der Waals surface area contributed by atoms with Gasteiger partial charge < -0.3 is 18.9 Å². The number of fused-ring (bicyclic) bond motifs is 3. The van der Waals surface area contributed by atoms with Crippen LogP contribution >= 0.6 is 7.53 Å². The van der Waals surface area contributed by atoms with E-state index in [1.165, 1.54) is 0 Å². The van der Waals surface area contributed by atoms with Crippen molar-refractivity contribution in [2.75, 3.05) is 0 Å². The maximum Gasteiger partial charge on any atom is 0.219 e. The van der Waals surface area contributed by atoms with Gasteiger partial charge in [0.25, 0.3) is 0 Å². The molecule has 226 valence electrons. The predicted molar refractivity (Wildman–Crippen MR) is 183 cm³/mol. The van der Waals surface area contributed by atoms with Crippen molar-refractivity contribution in [3.8, 4) is 51.8 Å². The largest absolute Gasteiger partial charge is 0.457 e. The van der Waals surface area contributed by atoms with Gasteiger partial charge in [-0.2, -0.15) is 0 Å². The Labute approximate surface area is 270 Å². The van der Waals surface area contributed by atoms with E-state index in [2.05, 4.69) is 44.2 Å². The van der Waals surface area contributed by atoms with Gasteiger partial charge in [-0.25, -0.2) is 19.9 Å². The summed E-state index contributed by atoms with van der Waals surface area (Å²) < 4.78 is 24.5. The number of ether oxygens (including phenoxy) is 4. The summed E-state index contributed by atoms with van der Waals surface area (Å²) >= 11 is 0. The standard InChI is InChI=1S/C38H25N4O4P/c1-3-18-39-36(12-1)45-28-10-5-8-26(22-28)43-30-14-16-32-33-17-15-31(25-35(33)47(34(32)24-30)38-41-20-7-21-42-38)44-27-9-6-11-29(23-27)46-37-13-2-4-19-40-37/h1-25H. The zero-order valence-electron chi connectivity index (χ0n) is 24.8. The number of aromatic nitrogens is 4. The Morgan fingerprint density at radius 3 is 1.28 bits per heavy atom. The fraction of sp³-hybridized carbons (Fsp3) is 0. The van der Waals surface area contributed by atoms with Crippen molar-refractivity contribution in [2.45, 2.75) is 0 Å². The summed E-state index contributed by atoms with van der Waals surface area (Å²) in [7, 11) is -1.08. The molecule has 0 spiro atoms. The molecule has 0 aliphatic carbocycles. The second-order valence-electron chi connectivity index (χ2n) is 10.4. The zero-order valence-corrected chi connectivity index (χ0v) is 25.7. The summed E-state index contributed by atoms with van der Waals surface area (Å²) in [6.07, 6.45) is 6.95. The zero-order chi connectivity index (χ0) is 31.4. The van der Waals surface area contributed by atoms with Gasteiger partial charge in [0.05, 0.1) is 0 Å². The molecule has 0 fully saturated rings. The number of pyridine rings is 2. The normalized spacial score (nSPS) is 11.0. The number of hydrogen-bond acceptors (Lipinski definition) is 8. The summed E-state index contributed by atoms with van der Waals surface area (Å²) in [6.45, 7) is 0. The van der Waals surface area contributed by atoms with Crippen LogP contribution in [0.3, 0.4) is 0 Å². The van der Waals surface area contributed by atoms with Crippen molar-refractivity contribution in [3.63, 3.8) is 0 Å². The minimum Gasteiger partial charge on any atom is -0.457 e. The molecule has 0 amide bonds. The van der Waals surface area contributed by atoms with Crippen LogP contribution in [-0.2, 0) is 0 Å². The molecule has 0 bridgehead atoms. The lowest BCUT2D eigenvalue weighted by Gasteiger charge is -2.09. The van der Waals surface area contributed by atoms with E-state index in [1.807, 2.05) is 103 Å². The van der Waals surface area contributed by atoms with Gasteiger partial charge in [-0.1, -0.05) is 24.3 Å². The summed E-state index contributed by atoms with van der Waals surface area (Å²) in [5, 5.41) is 4.47. The SMILES string of the molecule is c1ccc(Oc2cccc(Oc3ccc4c5ccc(Oc6cccc(Oc7ccccn7)c6)cc5p(-c5ncccn5)c4c3)c2)nc1. The van der Waals surface area contributed by atoms with Crippen LogP contribution in [0.15, 0.2) is 152 Å². The average molecular weight is 633 g/mol. The molecule has 0 unspecified atom stereocenters. The van der Waals surface area contributed by atoms with E-state index < -0.39 is 7.53 Å². The summed E-state index contributed by atoms with van der Waals surface area (Å²) in [6, 6.07) is 40.3. The molecule has 9 heteroatoms. The monoisotopic (exact) mass is 632 g/mol. The molecule has 8 nitrogen and oxygen atoms in total. The Kier molecular flexibility index (Phi) is 7.59. The summed E-state index contributed by atoms with van der Waals surface area (Å²) in [5.74, 6) is 5.02. The Morgan fingerprint density at radius 1 is 0.362 bits per heavy atom. The summed E-state index contributed by atoms with van der Waals surface area (Å²) in [4.78, 5) is 17.8. The minimum absolute atomic E-state index is 0.516. The van der Waals surface area contributed by atoms with Crippen LogP contribution in [0.1, 0.15) is 0 Å². The fourth-order valence-electron chi connectivity index (χ4n) is 5.26. The van der Waals surface area contributed by atoms with E-state index in [0.29, 0.717) is 46.3 Å². The molecule has 0 radical (unpaired) electrons. The Morgan fingerprint density at radius 2 is 0.809 bits per heavy atom. The van der Waals surface area contributed by atoms with E-state index in [9.17, 15) is 0 Å². The van der Waals surface area contributed by atoms with Gasteiger partial charge in [0.2, 0.25) is 11.8 Å². The maximum absolute atomic E-state index is 6.35. The van der Waals surface area contributed by atoms with Crippen molar-refractivity contribution >= 4 is 28.5 Å². The highest BCUT2D eigenvalue weighted by Crippen LogP contribution is 2.55. The lowest BCUT2D eigenvalue weighted by Crippen LogP contribution is -1.88. The third kappa shape index (κ3) is 6.18. The van der Waals surface area contributed by atoms with E-state index in [4.69, 9.17) is 18.9 Å². The first-order chi connectivity index (χ1) is 23.2. The van der Waals surface area contributed by atoms with Gasteiger partial charge in [0.15, 0.2) is 5.57 Å². The van der Waals surface area contributed by atoms with Crippen LogP contribution < -0.4 is 18.9 Å². The summed E-state index contributed by atoms with van der Waals surface area (Å²) in [5.41, 5.74) is 0.758. The van der Waals surface area contributed by atoms with Gasteiger partial charge in [0, 0.05) is 59.3 Å². The molecule has 4 heterocycles. The van der Waals surface area contributed by atoms with Crippen LogP contribution in [0.4, 0.5) is 0 Å². The first-order valence-electron chi connectivity index (χ1n) is 14.8. The van der Waals surface area contributed by atoms with Crippen molar-refractivity contribution in [1.29, 1.82) is 0 Å². The maximum atomic E-state index is 6.35. The molecule has 0 aliphatic rings. The molecule has 4 aromatic heterocycles. The second-order valence-corrected chi connectivity index (χ2v) is 12.5. The molecule has 4 aromatic carbocycles. The highest BCUT2D eigenvalue weighted by molar-refractivity contribution is 7.67. The highest BCUT2D eigenvalue weighted by atomic mass is 31.1. The van der Waals surface area contributed by atoms with Gasteiger partial charge in [-0.05, 0) is 97.2 Å². The van der Waals surface area contributed by atoms with E-state index in [0.717, 1.165) is 26.6 Å². The van der Waals surface area contributed by atoms with E-state index in [-0.39, 0.29) is 0 Å².